The molecule has 0 saturated heterocycles. The van der Waals surface area contributed by atoms with Gasteiger partial charge in [0.2, 0.25) is 0 Å². The summed E-state index contributed by atoms with van der Waals surface area (Å²) in [6.07, 6.45) is 1.24. The number of nitrogens with zero attached hydrogens (tertiary/aromatic N) is 1. The second kappa shape index (κ2) is 4.95. The highest BCUT2D eigenvalue weighted by Crippen LogP contribution is 2.30. The van der Waals surface area contributed by atoms with Gasteiger partial charge >= 0.3 is 5.97 Å². The summed E-state index contributed by atoms with van der Waals surface area (Å²) < 4.78 is 0. The van der Waals surface area contributed by atoms with Crippen LogP contribution in [0.25, 0.3) is 0 Å². The lowest BCUT2D eigenvalue weighted by molar-refractivity contribution is -0.384. The van der Waals surface area contributed by atoms with Gasteiger partial charge in [-0.1, -0.05) is 25.5 Å². The van der Waals surface area contributed by atoms with Crippen LogP contribution in [0.5, 0.6) is 0 Å². The minimum atomic E-state index is -0.982. The van der Waals surface area contributed by atoms with E-state index in [0.29, 0.717) is 12.0 Å². The van der Waals surface area contributed by atoms with E-state index in [-0.39, 0.29) is 5.69 Å². The summed E-state index contributed by atoms with van der Waals surface area (Å²) >= 11 is 0. The van der Waals surface area contributed by atoms with Gasteiger partial charge in [0.05, 0.1) is 10.3 Å². The van der Waals surface area contributed by atoms with Crippen LogP contribution in [-0.2, 0) is 10.2 Å². The Morgan fingerprint density at radius 1 is 1.41 bits per heavy atom. The highest BCUT2D eigenvalue weighted by atomic mass is 16.6. The number of carboxylic acids is 1. The van der Waals surface area contributed by atoms with Crippen LogP contribution in [-0.4, -0.2) is 16.0 Å². The molecule has 1 atom stereocenters. The fraction of sp³-hybridized carbons (Fsp3) is 0.417. The Labute approximate surface area is 99.2 Å². The molecular formula is C12H15NO4. The largest absolute Gasteiger partial charge is 0.481 e. The van der Waals surface area contributed by atoms with Crippen molar-refractivity contribution in [2.45, 2.75) is 32.1 Å². The van der Waals surface area contributed by atoms with E-state index in [9.17, 15) is 20.0 Å². The van der Waals surface area contributed by atoms with Gasteiger partial charge in [-0.15, -0.1) is 0 Å². The molecule has 1 aromatic carbocycles. The van der Waals surface area contributed by atoms with Gasteiger partial charge in [0.25, 0.3) is 5.69 Å². The highest BCUT2D eigenvalue weighted by molar-refractivity contribution is 5.80. The molecule has 0 aliphatic heterocycles. The van der Waals surface area contributed by atoms with Crippen molar-refractivity contribution >= 4 is 11.7 Å². The number of nitro groups is 1. The number of carboxylic acid groups (broad SMARTS) is 1. The Bertz CT molecular complexity index is 427. The Morgan fingerprint density at radius 3 is 2.29 bits per heavy atom. The van der Waals surface area contributed by atoms with Crippen molar-refractivity contribution in [2.75, 3.05) is 0 Å². The topological polar surface area (TPSA) is 80.4 Å². The first-order valence-corrected chi connectivity index (χ1v) is 5.40. The lowest BCUT2D eigenvalue weighted by atomic mass is 9.79. The van der Waals surface area contributed by atoms with Gasteiger partial charge in [-0.25, -0.2) is 0 Å². The average molecular weight is 237 g/mol. The summed E-state index contributed by atoms with van der Waals surface area (Å²) in [6, 6.07) is 5.71. The van der Waals surface area contributed by atoms with E-state index in [4.69, 9.17) is 0 Å². The van der Waals surface area contributed by atoms with Crippen molar-refractivity contribution in [1.29, 1.82) is 0 Å². The van der Waals surface area contributed by atoms with Crippen LogP contribution in [0.2, 0.25) is 0 Å². The third-order valence-electron chi connectivity index (χ3n) is 2.94. The molecule has 5 heteroatoms. The minimum Gasteiger partial charge on any atom is -0.481 e. The number of aliphatic carboxylic acids is 1. The van der Waals surface area contributed by atoms with Gasteiger partial charge < -0.3 is 5.11 Å². The first kappa shape index (κ1) is 13.2. The molecule has 0 heterocycles. The van der Waals surface area contributed by atoms with Crippen molar-refractivity contribution in [1.82, 2.24) is 0 Å². The van der Waals surface area contributed by atoms with E-state index in [1.807, 2.05) is 6.92 Å². The van der Waals surface area contributed by atoms with E-state index in [1.54, 1.807) is 6.92 Å². The maximum absolute atomic E-state index is 11.3. The number of rotatable bonds is 5. The van der Waals surface area contributed by atoms with Crippen LogP contribution < -0.4 is 0 Å². The zero-order valence-corrected chi connectivity index (χ0v) is 9.84. The van der Waals surface area contributed by atoms with E-state index in [0.717, 1.165) is 6.42 Å². The molecular weight excluding hydrogens is 222 g/mol. The van der Waals surface area contributed by atoms with Crippen LogP contribution in [0, 0.1) is 10.1 Å². The van der Waals surface area contributed by atoms with E-state index < -0.39 is 16.3 Å². The third kappa shape index (κ3) is 2.61. The summed E-state index contributed by atoms with van der Waals surface area (Å²) in [5.41, 5.74) is -0.417. The Balaban J connectivity index is 3.12. The Hall–Kier alpha value is -1.91. The fourth-order valence-electron chi connectivity index (χ4n) is 1.83. The molecule has 0 amide bonds. The molecule has 0 aromatic heterocycles. The molecule has 0 spiro atoms. The first-order chi connectivity index (χ1) is 7.91. The van der Waals surface area contributed by atoms with Crippen molar-refractivity contribution in [2.24, 2.45) is 0 Å². The maximum atomic E-state index is 11.3. The zero-order valence-electron chi connectivity index (χ0n) is 9.84. The van der Waals surface area contributed by atoms with Crippen molar-refractivity contribution in [3.8, 4) is 0 Å². The number of nitro benzene ring substituents is 1. The Kier molecular flexibility index (Phi) is 3.83. The molecule has 17 heavy (non-hydrogen) atoms. The van der Waals surface area contributed by atoms with Gasteiger partial charge in [-0.3, -0.25) is 14.9 Å². The molecule has 92 valence electrons. The summed E-state index contributed by atoms with van der Waals surface area (Å²) in [6.45, 7) is 3.55. The number of carbonyl (C=O) groups is 1. The summed E-state index contributed by atoms with van der Waals surface area (Å²) in [7, 11) is 0. The minimum absolute atomic E-state index is 0.0296. The number of non-ortho nitro benzene ring substituents is 1. The normalized spacial score (nSPS) is 14.0. The summed E-state index contributed by atoms with van der Waals surface area (Å²) in [5.74, 6) is -0.909. The molecule has 1 rings (SSSR count). The molecule has 5 nitrogen and oxygen atoms in total. The molecule has 1 unspecified atom stereocenters. The van der Waals surface area contributed by atoms with Gasteiger partial charge in [0.1, 0.15) is 0 Å². The standard InChI is InChI=1S/C12H15NO4/c1-3-8-12(2,11(14)15)9-4-6-10(7-5-9)13(16)17/h4-7H,3,8H2,1-2H3,(H,14,15). The molecule has 0 bridgehead atoms. The molecule has 0 fully saturated rings. The predicted molar refractivity (Wildman–Crippen MR) is 63.0 cm³/mol. The van der Waals surface area contributed by atoms with E-state index in [1.165, 1.54) is 24.3 Å². The van der Waals surface area contributed by atoms with Crippen LogP contribution in [0.4, 0.5) is 5.69 Å². The Morgan fingerprint density at radius 2 is 1.94 bits per heavy atom. The van der Waals surface area contributed by atoms with E-state index >= 15 is 0 Å². The fourth-order valence-corrected chi connectivity index (χ4v) is 1.83. The monoisotopic (exact) mass is 237 g/mol. The number of benzene rings is 1. The first-order valence-electron chi connectivity index (χ1n) is 5.40. The van der Waals surface area contributed by atoms with Gasteiger partial charge in [-0.2, -0.15) is 0 Å². The molecule has 0 saturated carbocycles. The smallest absolute Gasteiger partial charge is 0.313 e. The van der Waals surface area contributed by atoms with Crippen molar-refractivity contribution in [3.05, 3.63) is 39.9 Å². The second-order valence-electron chi connectivity index (χ2n) is 4.19. The molecule has 1 N–H and O–H groups in total. The summed E-state index contributed by atoms with van der Waals surface area (Å²) in [4.78, 5) is 21.3. The summed E-state index contributed by atoms with van der Waals surface area (Å²) in [5, 5.41) is 19.8. The van der Waals surface area contributed by atoms with Crippen LogP contribution >= 0.6 is 0 Å². The predicted octanol–water partition coefficient (Wildman–Crippen LogP) is 2.74. The van der Waals surface area contributed by atoms with Crippen LogP contribution in [0.3, 0.4) is 0 Å². The quantitative estimate of drug-likeness (QED) is 0.630. The molecule has 0 aliphatic carbocycles. The van der Waals surface area contributed by atoms with Crippen LogP contribution in [0.1, 0.15) is 32.3 Å². The lowest BCUT2D eigenvalue weighted by Gasteiger charge is -2.24. The van der Waals surface area contributed by atoms with Gasteiger partial charge in [-0.05, 0) is 18.9 Å². The average Bonchev–Trinajstić information content (AvgIpc) is 2.29. The SMILES string of the molecule is CCCC(C)(C(=O)O)c1ccc([N+](=O)[O-])cc1. The molecule has 0 aliphatic rings. The van der Waals surface area contributed by atoms with Crippen molar-refractivity contribution < 1.29 is 14.8 Å². The van der Waals surface area contributed by atoms with Gasteiger partial charge in [0.15, 0.2) is 0 Å². The van der Waals surface area contributed by atoms with E-state index in [2.05, 4.69) is 0 Å². The third-order valence-corrected chi connectivity index (χ3v) is 2.94. The lowest BCUT2D eigenvalue weighted by Crippen LogP contribution is -2.32. The van der Waals surface area contributed by atoms with Crippen LogP contribution in [0.15, 0.2) is 24.3 Å². The zero-order chi connectivity index (χ0) is 13.1. The molecule has 0 radical (unpaired) electrons. The molecule has 1 aromatic rings. The highest BCUT2D eigenvalue weighted by Gasteiger charge is 2.34. The van der Waals surface area contributed by atoms with Gasteiger partial charge in [0, 0.05) is 12.1 Å². The number of hydrogen-bond acceptors (Lipinski definition) is 3. The second-order valence-corrected chi connectivity index (χ2v) is 4.19. The van der Waals surface area contributed by atoms with Crippen molar-refractivity contribution in [3.63, 3.8) is 0 Å². The number of hydrogen-bond donors (Lipinski definition) is 1. The maximum Gasteiger partial charge on any atom is 0.313 e.